The minimum absolute atomic E-state index is 0.269. The molecule has 0 saturated carbocycles. The van der Waals surface area contributed by atoms with Gasteiger partial charge in [-0.3, -0.25) is 4.57 Å². The van der Waals surface area contributed by atoms with Gasteiger partial charge in [0.05, 0.1) is 22.5 Å². The van der Waals surface area contributed by atoms with Gasteiger partial charge < -0.3 is 9.73 Å². The fraction of sp³-hybridized carbons (Fsp3) is 0.0377. The maximum atomic E-state index is 6.40. The second-order valence-electron chi connectivity index (χ2n) is 15.4. The molecule has 10 aromatic rings. The predicted octanol–water partition coefficient (Wildman–Crippen LogP) is 12.6. The normalized spacial score (nSPS) is 16.0. The molecule has 1 spiro atoms. The largest absolute Gasteiger partial charge is 0.456 e. The number of aliphatic imine (C=N–C) groups is 1. The molecule has 1 atom stereocenters. The first-order valence-electron chi connectivity index (χ1n) is 19.7. The standard InChI is InChI=1S/C53H33N3O/c1-2-14-32(15-3-1)45-31-46(33-26-27-38-37-19-8-13-25-48(37)57-49(38)30-33)55-52(54-45)56-47-24-12-7-18-36(47)39-28-29-44-50(51(39)56)40-20-6-11-23-43(40)53(44)41-21-9-4-16-34(41)35-17-5-10-22-42(35)53/h1-31,46H,(H,54,55). The van der Waals surface area contributed by atoms with Gasteiger partial charge in [-0.2, -0.15) is 0 Å². The third-order valence-electron chi connectivity index (χ3n) is 12.7. The first-order valence-corrected chi connectivity index (χ1v) is 19.7. The van der Waals surface area contributed by atoms with Gasteiger partial charge in [-0.25, -0.2) is 4.99 Å². The lowest BCUT2D eigenvalue weighted by Gasteiger charge is -2.30. The van der Waals surface area contributed by atoms with E-state index in [1.165, 1.54) is 55.3 Å². The molecule has 1 aliphatic heterocycles. The molecule has 266 valence electrons. The van der Waals surface area contributed by atoms with Crippen LogP contribution < -0.4 is 5.32 Å². The second-order valence-corrected chi connectivity index (χ2v) is 15.4. The summed E-state index contributed by atoms with van der Waals surface area (Å²) in [6, 6.07) is 65.8. The Kier molecular flexibility index (Phi) is 6.12. The second kappa shape index (κ2) is 11.3. The molecule has 0 amide bonds. The summed E-state index contributed by atoms with van der Waals surface area (Å²) >= 11 is 0. The molecule has 0 radical (unpaired) electrons. The Labute approximate surface area is 328 Å². The zero-order valence-electron chi connectivity index (χ0n) is 30.8. The van der Waals surface area contributed by atoms with Crippen LogP contribution in [-0.2, 0) is 5.41 Å². The van der Waals surface area contributed by atoms with Crippen LogP contribution >= 0.6 is 0 Å². The van der Waals surface area contributed by atoms with Gasteiger partial charge in [-0.15, -0.1) is 0 Å². The van der Waals surface area contributed by atoms with Gasteiger partial charge in [0.15, 0.2) is 0 Å². The number of rotatable bonds is 2. The van der Waals surface area contributed by atoms with Crippen molar-refractivity contribution in [2.75, 3.05) is 0 Å². The average Bonchev–Trinajstić information content (AvgIpc) is 4.00. The van der Waals surface area contributed by atoms with E-state index in [2.05, 4.69) is 186 Å². The molecule has 57 heavy (non-hydrogen) atoms. The van der Waals surface area contributed by atoms with Gasteiger partial charge in [0.25, 0.3) is 0 Å². The Morgan fingerprint density at radius 3 is 1.91 bits per heavy atom. The maximum Gasteiger partial charge on any atom is 0.208 e. The zero-order chi connectivity index (χ0) is 37.2. The highest BCUT2D eigenvalue weighted by atomic mass is 16.3. The molecule has 4 heteroatoms. The van der Waals surface area contributed by atoms with Crippen molar-refractivity contribution in [3.63, 3.8) is 0 Å². The molecule has 4 nitrogen and oxygen atoms in total. The number of nitrogens with zero attached hydrogens (tertiary/aromatic N) is 2. The highest BCUT2D eigenvalue weighted by Crippen LogP contribution is 2.64. The molecular weight excluding hydrogens is 695 g/mol. The minimum Gasteiger partial charge on any atom is -0.456 e. The van der Waals surface area contributed by atoms with Gasteiger partial charge in [0.1, 0.15) is 11.2 Å². The molecule has 1 unspecified atom stereocenters. The Bertz CT molecular complexity index is 3350. The number of para-hydroxylation sites is 2. The SMILES string of the molecule is C1=C(c2ccccc2)NC(n2c3ccccc3c3ccc4c(c32)-c2ccccc2C42c3ccccc3-c3ccccc32)=NC1c1ccc2c(c1)oc1ccccc12. The molecule has 13 rings (SSSR count). The summed E-state index contributed by atoms with van der Waals surface area (Å²) in [7, 11) is 0. The average molecular weight is 728 g/mol. The van der Waals surface area contributed by atoms with E-state index >= 15 is 0 Å². The molecule has 2 aliphatic carbocycles. The lowest BCUT2D eigenvalue weighted by Crippen LogP contribution is -2.32. The molecule has 0 fully saturated rings. The number of hydrogen-bond donors (Lipinski definition) is 1. The number of furan rings is 1. The van der Waals surface area contributed by atoms with Crippen LogP contribution in [0.25, 0.3) is 71.7 Å². The van der Waals surface area contributed by atoms with E-state index in [0.29, 0.717) is 0 Å². The van der Waals surface area contributed by atoms with E-state index in [1.807, 2.05) is 12.1 Å². The first kappa shape index (κ1) is 30.8. The van der Waals surface area contributed by atoms with Crippen molar-refractivity contribution in [2.24, 2.45) is 4.99 Å². The molecule has 3 heterocycles. The van der Waals surface area contributed by atoms with Crippen LogP contribution in [0.3, 0.4) is 0 Å². The van der Waals surface area contributed by atoms with Crippen LogP contribution in [-0.4, -0.2) is 10.5 Å². The Morgan fingerprint density at radius 1 is 0.509 bits per heavy atom. The van der Waals surface area contributed by atoms with Crippen molar-refractivity contribution in [3.8, 4) is 22.3 Å². The third kappa shape index (κ3) is 4.04. The van der Waals surface area contributed by atoms with E-state index in [9.17, 15) is 0 Å². The number of fused-ring (bicyclic) bond motifs is 17. The minimum atomic E-state index is -0.448. The zero-order valence-corrected chi connectivity index (χ0v) is 30.8. The van der Waals surface area contributed by atoms with Crippen LogP contribution in [0.5, 0.6) is 0 Å². The summed E-state index contributed by atoms with van der Waals surface area (Å²) < 4.78 is 8.80. The molecule has 0 saturated heterocycles. The third-order valence-corrected chi connectivity index (χ3v) is 12.7. The Morgan fingerprint density at radius 2 is 1.12 bits per heavy atom. The Balaban J connectivity index is 1.11. The van der Waals surface area contributed by atoms with E-state index in [0.717, 1.165) is 55.8 Å². The monoisotopic (exact) mass is 727 g/mol. The van der Waals surface area contributed by atoms with Crippen molar-refractivity contribution in [1.29, 1.82) is 0 Å². The van der Waals surface area contributed by atoms with Crippen molar-refractivity contribution in [1.82, 2.24) is 9.88 Å². The van der Waals surface area contributed by atoms with Gasteiger partial charge in [-0.1, -0.05) is 164 Å². The number of nitrogens with one attached hydrogen (secondary N) is 1. The molecule has 0 bridgehead atoms. The van der Waals surface area contributed by atoms with Crippen LogP contribution in [0.15, 0.2) is 197 Å². The van der Waals surface area contributed by atoms with E-state index in [1.54, 1.807) is 0 Å². The van der Waals surface area contributed by atoms with Crippen molar-refractivity contribution >= 4 is 55.4 Å². The number of benzene rings is 8. The fourth-order valence-electron chi connectivity index (χ4n) is 10.4. The summed E-state index contributed by atoms with van der Waals surface area (Å²) in [5.74, 6) is 0.788. The first-order chi connectivity index (χ1) is 28.3. The highest BCUT2D eigenvalue weighted by molar-refractivity contribution is 6.20. The topological polar surface area (TPSA) is 42.5 Å². The van der Waals surface area contributed by atoms with Crippen LogP contribution in [0.1, 0.15) is 39.4 Å². The molecular formula is C53H33N3O. The van der Waals surface area contributed by atoms with Crippen molar-refractivity contribution < 1.29 is 4.42 Å². The van der Waals surface area contributed by atoms with Crippen LogP contribution in [0.2, 0.25) is 0 Å². The van der Waals surface area contributed by atoms with Gasteiger partial charge in [0.2, 0.25) is 5.96 Å². The summed E-state index contributed by atoms with van der Waals surface area (Å²) in [4.78, 5) is 5.62. The van der Waals surface area contributed by atoms with E-state index < -0.39 is 5.41 Å². The molecule has 1 N–H and O–H groups in total. The van der Waals surface area contributed by atoms with Crippen molar-refractivity contribution in [3.05, 3.63) is 221 Å². The quantitative estimate of drug-likeness (QED) is 0.193. The number of aromatic nitrogens is 1. The van der Waals surface area contributed by atoms with Gasteiger partial charge in [-0.05, 0) is 74.3 Å². The van der Waals surface area contributed by atoms with E-state index in [-0.39, 0.29) is 6.04 Å². The smallest absolute Gasteiger partial charge is 0.208 e. The number of hydrogen-bond acceptors (Lipinski definition) is 3. The predicted molar refractivity (Wildman–Crippen MR) is 233 cm³/mol. The summed E-state index contributed by atoms with van der Waals surface area (Å²) in [6.45, 7) is 0. The van der Waals surface area contributed by atoms with Crippen molar-refractivity contribution in [2.45, 2.75) is 11.5 Å². The summed E-state index contributed by atoms with van der Waals surface area (Å²) in [5.41, 5.74) is 17.2. The lowest BCUT2D eigenvalue weighted by atomic mass is 9.70. The van der Waals surface area contributed by atoms with E-state index in [4.69, 9.17) is 9.41 Å². The highest BCUT2D eigenvalue weighted by Gasteiger charge is 2.52. The van der Waals surface area contributed by atoms with Crippen LogP contribution in [0.4, 0.5) is 0 Å². The lowest BCUT2D eigenvalue weighted by molar-refractivity contribution is 0.667. The van der Waals surface area contributed by atoms with Crippen LogP contribution in [0, 0.1) is 0 Å². The van der Waals surface area contributed by atoms with Gasteiger partial charge in [0, 0.05) is 32.8 Å². The van der Waals surface area contributed by atoms with Gasteiger partial charge >= 0.3 is 0 Å². The summed E-state index contributed by atoms with van der Waals surface area (Å²) in [6.07, 6.45) is 2.25. The fourth-order valence-corrected chi connectivity index (χ4v) is 10.4. The Hall–Kier alpha value is -7.43. The molecule has 2 aromatic heterocycles. The molecule has 3 aliphatic rings. The maximum absolute atomic E-state index is 6.40. The summed E-state index contributed by atoms with van der Waals surface area (Å²) in [5, 5.41) is 8.51. The molecule has 8 aromatic carbocycles.